The highest BCUT2D eigenvalue weighted by Gasteiger charge is 2.44. The van der Waals surface area contributed by atoms with E-state index in [9.17, 15) is 10.2 Å². The maximum atomic E-state index is 9.81. The summed E-state index contributed by atoms with van der Waals surface area (Å²) in [5.41, 5.74) is 5.33. The fraction of sp³-hybridized carbons (Fsp3) is 0.500. The minimum absolute atomic E-state index is 0.125. The Kier molecular flexibility index (Phi) is 3.38. The lowest BCUT2D eigenvalue weighted by Crippen LogP contribution is -2.33. The molecule has 19 heavy (non-hydrogen) atoms. The van der Waals surface area contributed by atoms with E-state index in [1.54, 1.807) is 12.1 Å². The van der Waals surface area contributed by atoms with Crippen LogP contribution >= 0.6 is 0 Å². The lowest BCUT2D eigenvalue weighted by molar-refractivity contribution is -0.0575. The number of nitrogen functional groups attached to an aromatic ring is 1. The summed E-state index contributed by atoms with van der Waals surface area (Å²) < 4.78 is 6.17. The first-order chi connectivity index (χ1) is 9.04. The molecule has 1 fully saturated rings. The highest BCUT2D eigenvalue weighted by Crippen LogP contribution is 2.32. The molecule has 9 nitrogen and oxygen atoms in total. The van der Waals surface area contributed by atoms with Gasteiger partial charge >= 0.3 is 0 Å². The van der Waals surface area contributed by atoms with Crippen molar-refractivity contribution >= 4 is 5.82 Å². The minimum Gasteiger partial charge on any atom is -0.394 e. The number of hydrogen-bond acceptors (Lipinski definition) is 8. The van der Waals surface area contributed by atoms with Gasteiger partial charge < -0.3 is 25.8 Å². The number of nitriles is 2. The summed E-state index contributed by atoms with van der Waals surface area (Å²) in [6, 6.07) is 3.43. The summed E-state index contributed by atoms with van der Waals surface area (Å²) in [6.45, 7) is -0.494. The van der Waals surface area contributed by atoms with Crippen LogP contribution in [0, 0.1) is 22.7 Å². The Morgan fingerprint density at radius 2 is 2.00 bits per heavy atom. The van der Waals surface area contributed by atoms with Gasteiger partial charge in [-0.1, -0.05) is 0 Å². The standard InChI is InChI=1S/C10H11N5O4/c11-1-4-5(2-12)14-15(9(4)13)10-8(18)7(17)6(3-16)19-10/h6-8,10,16-18H,3,13H2/t6-,7-,8-,10-/m1/s1. The molecule has 1 aromatic rings. The maximum absolute atomic E-state index is 9.81. The first-order valence-electron chi connectivity index (χ1n) is 5.35. The van der Waals surface area contributed by atoms with E-state index in [2.05, 4.69) is 5.10 Å². The molecule has 5 N–H and O–H groups in total. The van der Waals surface area contributed by atoms with Gasteiger partial charge in [0.05, 0.1) is 6.61 Å². The number of hydrogen-bond donors (Lipinski definition) is 4. The van der Waals surface area contributed by atoms with Crippen molar-refractivity contribution in [2.75, 3.05) is 12.3 Å². The molecule has 0 amide bonds. The molecular formula is C10H11N5O4. The van der Waals surface area contributed by atoms with Gasteiger partial charge in [-0.3, -0.25) is 0 Å². The summed E-state index contributed by atoms with van der Waals surface area (Å²) in [7, 11) is 0. The Labute approximate surface area is 107 Å². The molecule has 0 bridgehead atoms. The molecule has 9 heteroatoms. The van der Waals surface area contributed by atoms with Crippen molar-refractivity contribution in [2.45, 2.75) is 24.5 Å². The van der Waals surface area contributed by atoms with Crippen molar-refractivity contribution in [3.63, 3.8) is 0 Å². The normalized spacial score (nSPS) is 29.9. The number of anilines is 1. The molecule has 2 heterocycles. The third kappa shape index (κ3) is 1.91. The van der Waals surface area contributed by atoms with Crippen LogP contribution in [0.5, 0.6) is 0 Å². The summed E-state index contributed by atoms with van der Waals surface area (Å²) >= 11 is 0. The number of ether oxygens (including phenoxy) is 1. The number of aliphatic hydroxyl groups excluding tert-OH is 3. The second-order valence-electron chi connectivity index (χ2n) is 4.01. The van der Waals surface area contributed by atoms with Gasteiger partial charge in [0, 0.05) is 0 Å². The fourth-order valence-electron chi connectivity index (χ4n) is 1.91. The Hall–Kier alpha value is -2.17. The molecule has 1 aromatic heterocycles. The molecule has 0 unspecified atom stereocenters. The molecule has 2 rings (SSSR count). The third-order valence-electron chi connectivity index (χ3n) is 2.92. The molecule has 1 saturated heterocycles. The van der Waals surface area contributed by atoms with E-state index < -0.39 is 31.1 Å². The molecule has 1 aliphatic heterocycles. The molecule has 4 atom stereocenters. The van der Waals surface area contributed by atoms with Gasteiger partial charge in [-0.2, -0.15) is 15.6 Å². The van der Waals surface area contributed by atoms with Crippen molar-refractivity contribution in [3.05, 3.63) is 11.3 Å². The number of rotatable bonds is 2. The number of aliphatic hydroxyl groups is 3. The monoisotopic (exact) mass is 265 g/mol. The van der Waals surface area contributed by atoms with Gasteiger partial charge in [0.25, 0.3) is 0 Å². The van der Waals surface area contributed by atoms with Crippen LogP contribution in [0.15, 0.2) is 0 Å². The summed E-state index contributed by atoms with van der Waals surface area (Å²) in [4.78, 5) is 0. The minimum atomic E-state index is -1.38. The van der Waals surface area contributed by atoms with E-state index >= 15 is 0 Å². The Bertz CT molecular complexity index is 572. The summed E-state index contributed by atoms with van der Waals surface area (Å²) in [5.74, 6) is -0.145. The van der Waals surface area contributed by atoms with Crippen molar-refractivity contribution in [3.8, 4) is 12.1 Å². The van der Waals surface area contributed by atoms with Crippen LogP contribution in [0.25, 0.3) is 0 Å². The van der Waals surface area contributed by atoms with Crippen LogP contribution < -0.4 is 5.73 Å². The predicted molar refractivity (Wildman–Crippen MR) is 59.1 cm³/mol. The highest BCUT2D eigenvalue weighted by molar-refractivity contribution is 5.56. The second kappa shape index (κ2) is 4.84. The summed E-state index contributed by atoms with van der Waals surface area (Å²) in [6.07, 6.45) is -4.84. The van der Waals surface area contributed by atoms with Crippen molar-refractivity contribution < 1.29 is 20.1 Å². The van der Waals surface area contributed by atoms with Crippen LogP contribution in [0.3, 0.4) is 0 Å². The molecule has 1 aliphatic rings. The van der Waals surface area contributed by atoms with Crippen molar-refractivity contribution in [2.24, 2.45) is 0 Å². The first-order valence-corrected chi connectivity index (χ1v) is 5.35. The van der Waals surface area contributed by atoms with Crippen molar-refractivity contribution in [1.82, 2.24) is 9.78 Å². The zero-order valence-electron chi connectivity index (χ0n) is 9.63. The lowest BCUT2D eigenvalue weighted by Gasteiger charge is -2.16. The lowest BCUT2D eigenvalue weighted by atomic mass is 10.1. The topological polar surface area (TPSA) is 161 Å². The third-order valence-corrected chi connectivity index (χ3v) is 2.92. The SMILES string of the molecule is N#Cc1nn([C@@H]2O[C@H](CO)[C@@H](O)[C@H]2O)c(N)c1C#N. The largest absolute Gasteiger partial charge is 0.394 e. The quantitative estimate of drug-likeness (QED) is 0.469. The molecule has 100 valence electrons. The molecule has 0 radical (unpaired) electrons. The van der Waals surface area contributed by atoms with E-state index in [-0.39, 0.29) is 17.1 Å². The maximum Gasteiger partial charge on any atom is 0.182 e. The average Bonchev–Trinajstić information content (AvgIpc) is 2.88. The number of nitrogens with two attached hydrogens (primary N) is 1. The predicted octanol–water partition coefficient (Wildman–Crippen LogP) is -2.18. The molecule has 0 aliphatic carbocycles. The van der Waals surface area contributed by atoms with E-state index in [1.807, 2.05) is 0 Å². The number of aromatic nitrogens is 2. The van der Waals surface area contributed by atoms with Gasteiger partial charge in [0.1, 0.15) is 41.8 Å². The Morgan fingerprint density at radius 3 is 2.42 bits per heavy atom. The molecule has 0 spiro atoms. The fourth-order valence-corrected chi connectivity index (χ4v) is 1.91. The van der Waals surface area contributed by atoms with E-state index in [0.717, 1.165) is 4.68 Å². The van der Waals surface area contributed by atoms with Crippen LogP contribution in [0.4, 0.5) is 5.82 Å². The van der Waals surface area contributed by atoms with Crippen LogP contribution in [0.2, 0.25) is 0 Å². The van der Waals surface area contributed by atoms with Crippen molar-refractivity contribution in [1.29, 1.82) is 10.5 Å². The smallest absolute Gasteiger partial charge is 0.182 e. The van der Waals surface area contributed by atoms with Gasteiger partial charge in [0.2, 0.25) is 0 Å². The van der Waals surface area contributed by atoms with E-state index in [0.29, 0.717) is 0 Å². The van der Waals surface area contributed by atoms with Gasteiger partial charge in [-0.25, -0.2) is 4.68 Å². The number of nitrogens with zero attached hydrogens (tertiary/aromatic N) is 4. The van der Waals surface area contributed by atoms with Crippen LogP contribution in [-0.4, -0.2) is 50.0 Å². The molecular weight excluding hydrogens is 254 g/mol. The molecule has 0 aromatic carbocycles. The van der Waals surface area contributed by atoms with Crippen LogP contribution in [-0.2, 0) is 4.74 Å². The average molecular weight is 265 g/mol. The Balaban J connectivity index is 2.42. The zero-order valence-corrected chi connectivity index (χ0v) is 9.63. The Morgan fingerprint density at radius 1 is 1.32 bits per heavy atom. The van der Waals surface area contributed by atoms with Gasteiger partial charge in [-0.15, -0.1) is 0 Å². The van der Waals surface area contributed by atoms with Gasteiger partial charge in [0.15, 0.2) is 11.9 Å². The van der Waals surface area contributed by atoms with Crippen LogP contribution in [0.1, 0.15) is 17.5 Å². The zero-order chi connectivity index (χ0) is 14.2. The highest BCUT2D eigenvalue weighted by atomic mass is 16.6. The van der Waals surface area contributed by atoms with E-state index in [4.69, 9.17) is 26.1 Å². The summed E-state index contributed by atoms with van der Waals surface area (Å²) in [5, 5.41) is 49.9. The second-order valence-corrected chi connectivity index (χ2v) is 4.01. The molecule has 0 saturated carbocycles. The van der Waals surface area contributed by atoms with E-state index in [1.165, 1.54) is 0 Å². The first kappa shape index (κ1) is 13.3. The van der Waals surface area contributed by atoms with Gasteiger partial charge in [-0.05, 0) is 0 Å².